The molecule has 1 amide bonds. The molecular weight excluding hydrogens is 454 g/mol. The van der Waals surface area contributed by atoms with Crippen molar-refractivity contribution < 1.29 is 14.3 Å². The molecule has 0 spiro atoms. The largest absolute Gasteiger partial charge is 0.493 e. The fourth-order valence-corrected chi connectivity index (χ4v) is 4.15. The Labute approximate surface area is 191 Å². The number of para-hydroxylation sites is 1. The Kier molecular flexibility index (Phi) is 6.42. The maximum atomic E-state index is 13.1. The first-order valence-electron chi connectivity index (χ1n) is 10.3. The van der Waals surface area contributed by atoms with Gasteiger partial charge in [-0.05, 0) is 41.8 Å². The highest BCUT2D eigenvalue weighted by atomic mass is 79.9. The summed E-state index contributed by atoms with van der Waals surface area (Å²) in [5.41, 5.74) is 4.55. The van der Waals surface area contributed by atoms with Crippen LogP contribution in [0.1, 0.15) is 30.0 Å². The van der Waals surface area contributed by atoms with E-state index in [2.05, 4.69) is 22.9 Å². The van der Waals surface area contributed by atoms with Gasteiger partial charge in [0.2, 0.25) is 0 Å². The van der Waals surface area contributed by atoms with Crippen LogP contribution in [-0.4, -0.2) is 19.6 Å². The molecular formula is C26H24BrNO3. The molecule has 0 unspecified atom stereocenters. The molecule has 1 aliphatic rings. The van der Waals surface area contributed by atoms with Crippen LogP contribution in [0.15, 0.2) is 71.2 Å². The summed E-state index contributed by atoms with van der Waals surface area (Å²) < 4.78 is 12.4. The Morgan fingerprint density at radius 2 is 1.74 bits per heavy atom. The van der Waals surface area contributed by atoms with Gasteiger partial charge in [-0.15, -0.1) is 0 Å². The number of fused-ring (bicyclic) bond motifs is 1. The highest BCUT2D eigenvalue weighted by molar-refractivity contribution is 9.10. The van der Waals surface area contributed by atoms with Gasteiger partial charge in [0.25, 0.3) is 5.91 Å². The van der Waals surface area contributed by atoms with E-state index in [4.69, 9.17) is 9.47 Å². The number of benzene rings is 3. The fraction of sp³-hybridized carbons (Fsp3) is 0.192. The SMILES string of the molecule is CCCN1C(=O)/C(=C\c2cc(OC)c(OCc3ccccc3)cc2Br)c2ccccc21. The molecule has 0 saturated carbocycles. The van der Waals surface area contributed by atoms with Crippen LogP contribution in [0, 0.1) is 0 Å². The predicted octanol–water partition coefficient (Wildman–Crippen LogP) is 6.33. The van der Waals surface area contributed by atoms with E-state index in [1.54, 1.807) is 7.11 Å². The zero-order valence-corrected chi connectivity index (χ0v) is 19.2. The van der Waals surface area contributed by atoms with Gasteiger partial charge in [-0.2, -0.15) is 0 Å². The minimum absolute atomic E-state index is 0.0262. The molecule has 158 valence electrons. The van der Waals surface area contributed by atoms with E-state index < -0.39 is 0 Å². The van der Waals surface area contributed by atoms with Gasteiger partial charge in [0.05, 0.1) is 12.8 Å². The summed E-state index contributed by atoms with van der Waals surface area (Å²) in [4.78, 5) is 15.0. The molecule has 0 saturated heterocycles. The lowest BCUT2D eigenvalue weighted by molar-refractivity contribution is -0.113. The second-order valence-electron chi connectivity index (χ2n) is 7.33. The lowest BCUT2D eigenvalue weighted by Gasteiger charge is -2.15. The summed E-state index contributed by atoms with van der Waals surface area (Å²) in [5.74, 6) is 1.29. The molecule has 5 heteroatoms. The Hall–Kier alpha value is -3.05. The normalized spacial score (nSPS) is 14.1. The fourth-order valence-electron chi connectivity index (χ4n) is 3.72. The molecule has 3 aromatic carbocycles. The first kappa shape index (κ1) is 21.2. The highest BCUT2D eigenvalue weighted by Gasteiger charge is 2.31. The number of halogens is 1. The van der Waals surface area contributed by atoms with Crippen LogP contribution in [0.5, 0.6) is 11.5 Å². The molecule has 0 atom stereocenters. The first-order chi connectivity index (χ1) is 15.1. The topological polar surface area (TPSA) is 38.8 Å². The standard InChI is InChI=1S/C26H24BrNO3/c1-3-13-28-23-12-8-7-11-20(23)21(26(28)29)14-19-15-24(30-2)25(16-22(19)27)31-17-18-9-5-4-6-10-18/h4-12,14-16H,3,13,17H2,1-2H3/b21-14-. The number of methoxy groups -OCH3 is 1. The Bertz CT molecular complexity index is 1120. The van der Waals surface area contributed by atoms with Crippen molar-refractivity contribution in [1.82, 2.24) is 0 Å². The van der Waals surface area contributed by atoms with Crippen LogP contribution in [-0.2, 0) is 11.4 Å². The van der Waals surface area contributed by atoms with Crippen LogP contribution in [0.3, 0.4) is 0 Å². The lowest BCUT2D eigenvalue weighted by atomic mass is 10.0. The number of amides is 1. The number of carbonyl (C=O) groups excluding carboxylic acids is 1. The molecule has 3 aromatic rings. The van der Waals surface area contributed by atoms with Crippen molar-refractivity contribution in [2.24, 2.45) is 0 Å². The summed E-state index contributed by atoms with van der Waals surface area (Å²) in [6.45, 7) is 3.22. The minimum atomic E-state index is 0.0262. The number of ether oxygens (including phenoxy) is 2. The van der Waals surface area contributed by atoms with Crippen molar-refractivity contribution in [3.63, 3.8) is 0 Å². The van der Waals surface area contributed by atoms with Crippen molar-refractivity contribution in [2.45, 2.75) is 20.0 Å². The minimum Gasteiger partial charge on any atom is -0.493 e. The van der Waals surface area contributed by atoms with Crippen molar-refractivity contribution in [3.8, 4) is 11.5 Å². The van der Waals surface area contributed by atoms with E-state index in [0.717, 1.165) is 33.3 Å². The zero-order chi connectivity index (χ0) is 21.8. The van der Waals surface area contributed by atoms with E-state index in [0.29, 0.717) is 30.2 Å². The van der Waals surface area contributed by atoms with Crippen molar-refractivity contribution in [2.75, 3.05) is 18.6 Å². The van der Waals surface area contributed by atoms with Crippen molar-refractivity contribution in [1.29, 1.82) is 0 Å². The van der Waals surface area contributed by atoms with Gasteiger partial charge in [0.15, 0.2) is 11.5 Å². The van der Waals surface area contributed by atoms with E-state index >= 15 is 0 Å². The number of hydrogen-bond donors (Lipinski definition) is 0. The molecule has 1 heterocycles. The third kappa shape index (κ3) is 4.37. The average molecular weight is 478 g/mol. The summed E-state index contributed by atoms with van der Waals surface area (Å²) >= 11 is 3.64. The van der Waals surface area contributed by atoms with E-state index in [1.807, 2.05) is 77.7 Å². The molecule has 1 aliphatic heterocycles. The summed E-state index contributed by atoms with van der Waals surface area (Å²) in [5, 5.41) is 0. The van der Waals surface area contributed by atoms with Crippen LogP contribution in [0.2, 0.25) is 0 Å². The molecule has 0 bridgehead atoms. The molecule has 0 N–H and O–H groups in total. The van der Waals surface area contributed by atoms with E-state index in [-0.39, 0.29) is 5.91 Å². The molecule has 0 aromatic heterocycles. The zero-order valence-electron chi connectivity index (χ0n) is 17.6. The van der Waals surface area contributed by atoms with Crippen LogP contribution >= 0.6 is 15.9 Å². The molecule has 0 fully saturated rings. The molecule has 0 radical (unpaired) electrons. The predicted molar refractivity (Wildman–Crippen MR) is 128 cm³/mol. The number of rotatable bonds is 7. The van der Waals surface area contributed by atoms with Gasteiger partial charge in [0, 0.05) is 22.2 Å². The Balaban J connectivity index is 1.67. The third-order valence-electron chi connectivity index (χ3n) is 5.23. The average Bonchev–Trinajstić information content (AvgIpc) is 3.06. The maximum Gasteiger partial charge on any atom is 0.258 e. The molecule has 4 nitrogen and oxygen atoms in total. The van der Waals surface area contributed by atoms with E-state index in [9.17, 15) is 4.79 Å². The number of hydrogen-bond acceptors (Lipinski definition) is 3. The lowest BCUT2D eigenvalue weighted by Crippen LogP contribution is -2.26. The van der Waals surface area contributed by atoms with E-state index in [1.165, 1.54) is 0 Å². The summed E-state index contributed by atoms with van der Waals surface area (Å²) in [6, 6.07) is 21.7. The third-order valence-corrected chi connectivity index (χ3v) is 5.91. The monoisotopic (exact) mass is 477 g/mol. The maximum absolute atomic E-state index is 13.1. The molecule has 31 heavy (non-hydrogen) atoms. The van der Waals surface area contributed by atoms with Gasteiger partial charge in [0.1, 0.15) is 6.61 Å². The second-order valence-corrected chi connectivity index (χ2v) is 8.19. The number of carbonyl (C=O) groups is 1. The van der Waals surface area contributed by atoms with Crippen molar-refractivity contribution >= 4 is 39.2 Å². The van der Waals surface area contributed by atoms with Gasteiger partial charge < -0.3 is 14.4 Å². The highest BCUT2D eigenvalue weighted by Crippen LogP contribution is 2.40. The van der Waals surface area contributed by atoms with Gasteiger partial charge in [-0.1, -0.05) is 71.4 Å². The van der Waals surface area contributed by atoms with Crippen LogP contribution in [0.4, 0.5) is 5.69 Å². The molecule has 0 aliphatic carbocycles. The molecule has 4 rings (SSSR count). The quantitative estimate of drug-likeness (QED) is 0.373. The smallest absolute Gasteiger partial charge is 0.258 e. The van der Waals surface area contributed by atoms with Crippen LogP contribution < -0.4 is 14.4 Å². The van der Waals surface area contributed by atoms with Gasteiger partial charge in [-0.25, -0.2) is 0 Å². The van der Waals surface area contributed by atoms with Crippen molar-refractivity contribution in [3.05, 3.63) is 87.9 Å². The number of nitrogens with zero attached hydrogens (tertiary/aromatic N) is 1. The Morgan fingerprint density at radius 1 is 1.00 bits per heavy atom. The van der Waals surface area contributed by atoms with Gasteiger partial charge >= 0.3 is 0 Å². The Morgan fingerprint density at radius 3 is 2.48 bits per heavy atom. The van der Waals surface area contributed by atoms with Gasteiger partial charge in [-0.3, -0.25) is 4.79 Å². The van der Waals surface area contributed by atoms with Crippen LogP contribution in [0.25, 0.3) is 11.6 Å². The summed E-state index contributed by atoms with van der Waals surface area (Å²) in [7, 11) is 1.62. The number of anilines is 1. The first-order valence-corrected chi connectivity index (χ1v) is 11.1. The second kappa shape index (κ2) is 9.40. The summed E-state index contributed by atoms with van der Waals surface area (Å²) in [6.07, 6.45) is 2.82.